The second kappa shape index (κ2) is 11.4. The maximum absolute atomic E-state index is 12.9. The Morgan fingerprint density at radius 2 is 1.49 bits per heavy atom. The van der Waals surface area contributed by atoms with Gasteiger partial charge in [0.15, 0.2) is 17.3 Å². The van der Waals surface area contributed by atoms with Gasteiger partial charge < -0.3 is 28.8 Å². The topological polar surface area (TPSA) is 71.0 Å². The number of anilines is 1. The molecule has 0 aliphatic heterocycles. The first-order valence-corrected chi connectivity index (χ1v) is 11.7. The Bertz CT molecular complexity index is 1460. The number of hydrogen-bond acceptors (Lipinski definition) is 6. The molecule has 0 spiro atoms. The molecule has 0 unspecified atom stereocenters. The quantitative estimate of drug-likeness (QED) is 0.160. The van der Waals surface area contributed by atoms with Crippen molar-refractivity contribution in [1.29, 1.82) is 0 Å². The van der Waals surface area contributed by atoms with Crippen molar-refractivity contribution in [3.63, 3.8) is 0 Å². The molecule has 0 saturated carbocycles. The van der Waals surface area contributed by atoms with Crippen LogP contribution in [0, 0.1) is 0 Å². The summed E-state index contributed by atoms with van der Waals surface area (Å²) in [7, 11) is 8.29. The van der Waals surface area contributed by atoms with E-state index in [1.54, 1.807) is 34.6 Å². The number of benzene rings is 3. The van der Waals surface area contributed by atoms with E-state index in [1.807, 2.05) is 84.6 Å². The monoisotopic (exact) mass is 498 g/mol. The molecular formula is C30H30N2O5. The second-order valence-corrected chi connectivity index (χ2v) is 8.26. The minimum absolute atomic E-state index is 0.0817. The van der Waals surface area contributed by atoms with E-state index in [9.17, 15) is 4.79 Å². The van der Waals surface area contributed by atoms with Crippen molar-refractivity contribution in [2.24, 2.45) is 7.05 Å². The second-order valence-electron chi connectivity index (χ2n) is 8.26. The summed E-state index contributed by atoms with van der Waals surface area (Å²) in [6.07, 6.45) is 8.94. The molecule has 1 aromatic heterocycles. The van der Waals surface area contributed by atoms with Crippen molar-refractivity contribution in [2.45, 2.75) is 0 Å². The van der Waals surface area contributed by atoms with Crippen LogP contribution in [0.3, 0.4) is 0 Å². The van der Waals surface area contributed by atoms with E-state index >= 15 is 0 Å². The van der Waals surface area contributed by atoms with Crippen LogP contribution < -0.4 is 24.3 Å². The molecule has 1 heterocycles. The first-order valence-electron chi connectivity index (χ1n) is 11.7. The van der Waals surface area contributed by atoms with E-state index in [0.717, 1.165) is 27.7 Å². The van der Waals surface area contributed by atoms with Crippen molar-refractivity contribution in [3.05, 3.63) is 89.8 Å². The number of rotatable bonds is 10. The smallest absolute Gasteiger partial charge is 0.203 e. The zero-order valence-corrected chi connectivity index (χ0v) is 21.6. The maximum atomic E-state index is 12.9. The van der Waals surface area contributed by atoms with Gasteiger partial charge in [0.25, 0.3) is 0 Å². The van der Waals surface area contributed by atoms with Crippen LogP contribution in [0.1, 0.15) is 21.5 Å². The zero-order chi connectivity index (χ0) is 26.4. The molecule has 0 radical (unpaired) electrons. The van der Waals surface area contributed by atoms with E-state index in [0.29, 0.717) is 28.6 Å². The average Bonchev–Trinajstić information content (AvgIpc) is 3.27. The molecule has 0 fully saturated rings. The predicted molar refractivity (Wildman–Crippen MR) is 148 cm³/mol. The largest absolute Gasteiger partial charge is 0.495 e. The third kappa shape index (κ3) is 5.46. The van der Waals surface area contributed by atoms with Crippen LogP contribution in [-0.4, -0.2) is 38.8 Å². The van der Waals surface area contributed by atoms with Crippen LogP contribution >= 0.6 is 0 Å². The Morgan fingerprint density at radius 3 is 2.16 bits per heavy atom. The van der Waals surface area contributed by atoms with E-state index in [1.165, 1.54) is 6.08 Å². The highest BCUT2D eigenvalue weighted by Gasteiger charge is 2.13. The van der Waals surface area contributed by atoms with Gasteiger partial charge in [0.1, 0.15) is 5.75 Å². The van der Waals surface area contributed by atoms with Gasteiger partial charge in [0.05, 0.1) is 34.1 Å². The van der Waals surface area contributed by atoms with Gasteiger partial charge >= 0.3 is 0 Å². The lowest BCUT2D eigenvalue weighted by molar-refractivity contribution is 0.104. The Balaban J connectivity index is 1.54. The van der Waals surface area contributed by atoms with Crippen molar-refractivity contribution >= 4 is 34.5 Å². The molecule has 0 saturated heterocycles. The maximum Gasteiger partial charge on any atom is 0.203 e. The highest BCUT2D eigenvalue weighted by atomic mass is 16.5. The first kappa shape index (κ1) is 25.4. The molecule has 37 heavy (non-hydrogen) atoms. The van der Waals surface area contributed by atoms with Gasteiger partial charge in [-0.25, -0.2) is 0 Å². The highest BCUT2D eigenvalue weighted by molar-refractivity contribution is 6.13. The summed E-state index contributed by atoms with van der Waals surface area (Å²) in [4.78, 5) is 12.9. The predicted octanol–water partition coefficient (Wildman–Crippen LogP) is 6.19. The number of allylic oxidation sites excluding steroid dienone is 1. The number of nitrogens with one attached hydrogen (secondary N) is 1. The van der Waals surface area contributed by atoms with Gasteiger partial charge in [0, 0.05) is 42.0 Å². The Labute approximate surface area is 216 Å². The van der Waals surface area contributed by atoms with Gasteiger partial charge in [-0.1, -0.05) is 36.4 Å². The number of fused-ring (bicyclic) bond motifs is 1. The summed E-state index contributed by atoms with van der Waals surface area (Å²) >= 11 is 0. The minimum atomic E-state index is -0.0817. The van der Waals surface area contributed by atoms with Gasteiger partial charge in [-0.05, 0) is 41.5 Å². The molecule has 0 bridgehead atoms. The average molecular weight is 499 g/mol. The zero-order valence-electron chi connectivity index (χ0n) is 21.6. The first-order chi connectivity index (χ1) is 18.0. The summed E-state index contributed by atoms with van der Waals surface area (Å²) in [6, 6.07) is 17.4. The molecular weight excluding hydrogens is 468 g/mol. The van der Waals surface area contributed by atoms with Gasteiger partial charge in [-0.15, -0.1) is 0 Å². The number of para-hydroxylation sites is 1. The van der Waals surface area contributed by atoms with Crippen LogP contribution in [0.4, 0.5) is 5.69 Å². The molecule has 1 N–H and O–H groups in total. The Morgan fingerprint density at radius 1 is 0.811 bits per heavy atom. The lowest BCUT2D eigenvalue weighted by atomic mass is 10.1. The van der Waals surface area contributed by atoms with Crippen molar-refractivity contribution in [2.75, 3.05) is 33.8 Å². The summed E-state index contributed by atoms with van der Waals surface area (Å²) in [5, 5.41) is 4.11. The van der Waals surface area contributed by atoms with Crippen molar-refractivity contribution in [3.8, 4) is 23.0 Å². The molecule has 190 valence electrons. The number of aromatic nitrogens is 1. The third-order valence-electron chi connectivity index (χ3n) is 6.01. The lowest BCUT2D eigenvalue weighted by Gasteiger charge is -2.13. The van der Waals surface area contributed by atoms with Crippen molar-refractivity contribution in [1.82, 2.24) is 4.57 Å². The number of ether oxygens (including phenoxy) is 4. The Hall–Kier alpha value is -4.65. The molecule has 7 heteroatoms. The molecule has 3 aromatic carbocycles. The van der Waals surface area contributed by atoms with Crippen LogP contribution in [-0.2, 0) is 7.05 Å². The standard InChI is InChI=1S/C30H30N2O5/c1-32-19-23(22-8-6-7-9-25(22)32)26(33)14-15-31-24-16-20(12-13-27(24)34-2)10-11-21-17-28(35-3)30(37-5)29(18-21)36-4/h6-19,31H,1-5H3. The number of carbonyl (C=O) groups excluding carboxylic acids is 1. The van der Waals surface area contributed by atoms with E-state index in [4.69, 9.17) is 18.9 Å². The summed E-state index contributed by atoms with van der Waals surface area (Å²) in [5.41, 5.74) is 4.23. The van der Waals surface area contributed by atoms with Crippen LogP contribution in [0.15, 0.2) is 73.1 Å². The normalized spacial score (nSPS) is 11.3. The van der Waals surface area contributed by atoms with E-state index < -0.39 is 0 Å². The molecule has 0 aliphatic rings. The van der Waals surface area contributed by atoms with Crippen LogP contribution in [0.25, 0.3) is 23.1 Å². The van der Waals surface area contributed by atoms with E-state index in [2.05, 4.69) is 5.32 Å². The van der Waals surface area contributed by atoms with Gasteiger partial charge in [-0.2, -0.15) is 0 Å². The fourth-order valence-electron chi connectivity index (χ4n) is 4.17. The number of aryl methyl sites for hydroxylation is 1. The van der Waals surface area contributed by atoms with E-state index in [-0.39, 0.29) is 5.78 Å². The molecule has 0 amide bonds. The fourth-order valence-corrected chi connectivity index (χ4v) is 4.17. The molecule has 7 nitrogen and oxygen atoms in total. The number of ketones is 1. The lowest BCUT2D eigenvalue weighted by Crippen LogP contribution is -1.97. The molecule has 4 aromatic rings. The van der Waals surface area contributed by atoms with Gasteiger partial charge in [-0.3, -0.25) is 4.79 Å². The third-order valence-corrected chi connectivity index (χ3v) is 6.01. The Kier molecular flexibility index (Phi) is 7.83. The van der Waals surface area contributed by atoms with Crippen LogP contribution in [0.2, 0.25) is 0 Å². The number of carbonyl (C=O) groups is 1. The highest BCUT2D eigenvalue weighted by Crippen LogP contribution is 2.38. The fraction of sp³-hybridized carbons (Fsp3) is 0.167. The number of nitrogens with zero attached hydrogens (tertiary/aromatic N) is 1. The van der Waals surface area contributed by atoms with Gasteiger partial charge in [0.2, 0.25) is 5.75 Å². The SMILES string of the molecule is COc1ccc(C=Cc2cc(OC)c(OC)c(OC)c2)cc1NC=CC(=O)c1cn(C)c2ccccc12. The van der Waals surface area contributed by atoms with Crippen molar-refractivity contribution < 1.29 is 23.7 Å². The summed E-state index contributed by atoms with van der Waals surface area (Å²) < 4.78 is 23.7. The number of hydrogen-bond donors (Lipinski definition) is 1. The molecule has 4 rings (SSSR count). The summed E-state index contributed by atoms with van der Waals surface area (Å²) in [5.74, 6) is 2.29. The minimum Gasteiger partial charge on any atom is -0.495 e. The molecule has 0 atom stereocenters. The number of methoxy groups -OCH3 is 4. The summed E-state index contributed by atoms with van der Waals surface area (Å²) in [6.45, 7) is 0. The van der Waals surface area contributed by atoms with Crippen LogP contribution in [0.5, 0.6) is 23.0 Å². The molecule has 0 aliphatic carbocycles.